The van der Waals surface area contributed by atoms with Gasteiger partial charge in [0.25, 0.3) is 0 Å². The van der Waals surface area contributed by atoms with E-state index in [1.165, 1.54) is 0 Å². The number of methoxy groups -OCH3 is 2. The number of nitrogens with two attached hydrogens (primary N) is 1. The number of benzene rings is 1. The lowest BCUT2D eigenvalue weighted by molar-refractivity contribution is -0.137. The van der Waals surface area contributed by atoms with E-state index in [0.717, 1.165) is 18.4 Å². The zero-order chi connectivity index (χ0) is 17.7. The smallest absolute Gasteiger partial charge is 0.223 e. The van der Waals surface area contributed by atoms with Crippen LogP contribution in [0.15, 0.2) is 18.2 Å². The molecule has 2 amide bonds. The van der Waals surface area contributed by atoms with E-state index in [2.05, 4.69) is 0 Å². The van der Waals surface area contributed by atoms with Gasteiger partial charge in [0.15, 0.2) is 11.5 Å². The van der Waals surface area contributed by atoms with E-state index in [4.69, 9.17) is 15.2 Å². The third-order valence-electron chi connectivity index (χ3n) is 4.70. The molecule has 0 bridgehead atoms. The van der Waals surface area contributed by atoms with Crippen LogP contribution in [0.4, 0.5) is 0 Å². The molecule has 132 valence electrons. The van der Waals surface area contributed by atoms with Gasteiger partial charge in [0.05, 0.1) is 20.1 Å². The highest BCUT2D eigenvalue weighted by molar-refractivity contribution is 5.80. The second-order valence-electron chi connectivity index (χ2n) is 6.22. The molecule has 1 heterocycles. The fraction of sp³-hybridized carbons (Fsp3) is 0.556. The molecule has 1 fully saturated rings. The maximum Gasteiger partial charge on any atom is 0.223 e. The van der Waals surface area contributed by atoms with E-state index in [1.54, 1.807) is 19.1 Å². The van der Waals surface area contributed by atoms with Crippen LogP contribution in [0.25, 0.3) is 0 Å². The molecule has 2 rings (SSSR count). The van der Waals surface area contributed by atoms with Gasteiger partial charge in [-0.3, -0.25) is 9.59 Å². The molecular formula is C18H26N2O4. The monoisotopic (exact) mass is 334 g/mol. The first-order chi connectivity index (χ1) is 11.5. The number of amides is 2. The number of rotatable bonds is 6. The van der Waals surface area contributed by atoms with Crippen LogP contribution in [0, 0.1) is 5.92 Å². The largest absolute Gasteiger partial charge is 0.493 e. The number of carbonyl (C=O) groups excluding carboxylic acids is 2. The number of para-hydroxylation sites is 1. The molecular weight excluding hydrogens is 308 g/mol. The SMILES string of the molecule is COc1cccc(CCC(=O)N2C[C@H](C(N)=O)CC[C@H]2C)c1OC. The number of likely N-dealkylation sites (tertiary alicyclic amines) is 1. The fourth-order valence-corrected chi connectivity index (χ4v) is 3.22. The predicted octanol–water partition coefficient (Wildman–Crippen LogP) is 1.75. The van der Waals surface area contributed by atoms with E-state index < -0.39 is 0 Å². The molecule has 0 spiro atoms. The van der Waals surface area contributed by atoms with Gasteiger partial charge >= 0.3 is 0 Å². The Morgan fingerprint density at radius 3 is 2.62 bits per heavy atom. The molecule has 1 aromatic rings. The molecule has 0 unspecified atom stereocenters. The van der Waals surface area contributed by atoms with E-state index in [9.17, 15) is 9.59 Å². The number of ether oxygens (including phenoxy) is 2. The summed E-state index contributed by atoms with van der Waals surface area (Å²) in [5, 5.41) is 0. The van der Waals surface area contributed by atoms with Crippen molar-refractivity contribution < 1.29 is 19.1 Å². The first kappa shape index (κ1) is 18.1. The maximum atomic E-state index is 12.6. The standard InChI is InChI=1S/C18H26N2O4/c1-12-7-8-14(18(19)22)11-20(12)16(21)10-9-13-5-4-6-15(23-2)17(13)24-3/h4-6,12,14H,7-11H2,1-3H3,(H2,19,22)/t12-,14-/m1/s1. The zero-order valence-corrected chi connectivity index (χ0v) is 14.6. The summed E-state index contributed by atoms with van der Waals surface area (Å²) in [6.45, 7) is 2.44. The molecule has 0 radical (unpaired) electrons. The van der Waals surface area contributed by atoms with E-state index >= 15 is 0 Å². The number of aryl methyl sites for hydroxylation is 1. The van der Waals surface area contributed by atoms with Crippen molar-refractivity contribution in [1.82, 2.24) is 4.90 Å². The molecule has 2 atom stereocenters. The van der Waals surface area contributed by atoms with Crippen LogP contribution in [0.2, 0.25) is 0 Å². The molecule has 1 aromatic carbocycles. The van der Waals surface area contributed by atoms with Crippen molar-refractivity contribution in [3.63, 3.8) is 0 Å². The molecule has 0 aliphatic carbocycles. The number of primary amides is 1. The summed E-state index contributed by atoms with van der Waals surface area (Å²) in [6, 6.07) is 5.78. The maximum absolute atomic E-state index is 12.6. The van der Waals surface area contributed by atoms with Gasteiger partial charge in [0.1, 0.15) is 0 Å². The van der Waals surface area contributed by atoms with Gasteiger partial charge in [0.2, 0.25) is 11.8 Å². The van der Waals surface area contributed by atoms with Crippen molar-refractivity contribution in [2.24, 2.45) is 11.7 Å². The van der Waals surface area contributed by atoms with Crippen molar-refractivity contribution in [3.8, 4) is 11.5 Å². The van der Waals surface area contributed by atoms with Gasteiger partial charge in [-0.25, -0.2) is 0 Å². The Kier molecular flexibility index (Phi) is 6.06. The lowest BCUT2D eigenvalue weighted by Gasteiger charge is -2.37. The predicted molar refractivity (Wildman–Crippen MR) is 91.0 cm³/mol. The molecule has 1 aliphatic rings. The highest BCUT2D eigenvalue weighted by atomic mass is 16.5. The van der Waals surface area contributed by atoms with Crippen molar-refractivity contribution in [2.75, 3.05) is 20.8 Å². The lowest BCUT2D eigenvalue weighted by atomic mass is 9.92. The van der Waals surface area contributed by atoms with Crippen LogP contribution >= 0.6 is 0 Å². The van der Waals surface area contributed by atoms with E-state index in [-0.39, 0.29) is 23.8 Å². The van der Waals surface area contributed by atoms with Crippen LogP contribution < -0.4 is 15.2 Å². The number of hydrogen-bond acceptors (Lipinski definition) is 4. The fourth-order valence-electron chi connectivity index (χ4n) is 3.22. The second kappa shape index (κ2) is 8.04. The molecule has 0 saturated carbocycles. The number of piperidine rings is 1. The van der Waals surface area contributed by atoms with E-state index in [1.807, 2.05) is 25.1 Å². The molecule has 1 saturated heterocycles. The molecule has 0 aromatic heterocycles. The number of hydrogen-bond donors (Lipinski definition) is 1. The molecule has 2 N–H and O–H groups in total. The summed E-state index contributed by atoms with van der Waals surface area (Å²) in [6.07, 6.45) is 2.48. The van der Waals surface area contributed by atoms with E-state index in [0.29, 0.717) is 30.9 Å². The van der Waals surface area contributed by atoms with Gasteiger partial charge in [0, 0.05) is 19.0 Å². The average Bonchev–Trinajstić information content (AvgIpc) is 2.59. The third kappa shape index (κ3) is 3.99. The van der Waals surface area contributed by atoms with Crippen LogP contribution in [-0.4, -0.2) is 43.5 Å². The quantitative estimate of drug-likeness (QED) is 0.859. The van der Waals surface area contributed by atoms with Gasteiger partial charge in [-0.05, 0) is 37.8 Å². The second-order valence-corrected chi connectivity index (χ2v) is 6.22. The van der Waals surface area contributed by atoms with Gasteiger partial charge in [-0.1, -0.05) is 12.1 Å². The lowest BCUT2D eigenvalue weighted by Crippen LogP contribution is -2.48. The Balaban J connectivity index is 2.03. The van der Waals surface area contributed by atoms with Gasteiger partial charge in [-0.15, -0.1) is 0 Å². The Morgan fingerprint density at radius 1 is 1.25 bits per heavy atom. The van der Waals surface area contributed by atoms with Crippen LogP contribution in [0.1, 0.15) is 31.7 Å². The number of nitrogens with zero attached hydrogens (tertiary/aromatic N) is 1. The van der Waals surface area contributed by atoms with Crippen molar-refractivity contribution in [1.29, 1.82) is 0 Å². The highest BCUT2D eigenvalue weighted by Crippen LogP contribution is 2.32. The summed E-state index contributed by atoms with van der Waals surface area (Å²) < 4.78 is 10.7. The molecule has 6 heteroatoms. The van der Waals surface area contributed by atoms with Crippen LogP contribution in [0.3, 0.4) is 0 Å². The zero-order valence-electron chi connectivity index (χ0n) is 14.6. The summed E-state index contributed by atoms with van der Waals surface area (Å²) in [7, 11) is 3.18. The third-order valence-corrected chi connectivity index (χ3v) is 4.70. The molecule has 24 heavy (non-hydrogen) atoms. The molecule has 6 nitrogen and oxygen atoms in total. The minimum Gasteiger partial charge on any atom is -0.493 e. The summed E-state index contributed by atoms with van der Waals surface area (Å²) >= 11 is 0. The summed E-state index contributed by atoms with van der Waals surface area (Å²) in [5.74, 6) is 0.793. The summed E-state index contributed by atoms with van der Waals surface area (Å²) in [4.78, 5) is 25.8. The molecule has 1 aliphatic heterocycles. The Hall–Kier alpha value is -2.24. The van der Waals surface area contributed by atoms with Crippen LogP contribution in [-0.2, 0) is 16.0 Å². The normalized spacial score (nSPS) is 20.5. The van der Waals surface area contributed by atoms with Crippen LogP contribution in [0.5, 0.6) is 11.5 Å². The highest BCUT2D eigenvalue weighted by Gasteiger charge is 2.31. The Morgan fingerprint density at radius 2 is 2.00 bits per heavy atom. The summed E-state index contributed by atoms with van der Waals surface area (Å²) in [5.41, 5.74) is 6.33. The van der Waals surface area contributed by atoms with Gasteiger partial charge in [-0.2, -0.15) is 0 Å². The van der Waals surface area contributed by atoms with Crippen molar-refractivity contribution in [3.05, 3.63) is 23.8 Å². The average molecular weight is 334 g/mol. The topological polar surface area (TPSA) is 81.9 Å². The van der Waals surface area contributed by atoms with Crippen molar-refractivity contribution in [2.45, 2.75) is 38.6 Å². The van der Waals surface area contributed by atoms with Gasteiger partial charge < -0.3 is 20.1 Å². The minimum absolute atomic E-state index is 0.0401. The van der Waals surface area contributed by atoms with Crippen molar-refractivity contribution >= 4 is 11.8 Å². The first-order valence-electron chi connectivity index (χ1n) is 8.26. The Labute approximate surface area is 142 Å². The Bertz CT molecular complexity index is 603. The number of carbonyl (C=O) groups is 2. The minimum atomic E-state index is -0.325. The first-order valence-corrected chi connectivity index (χ1v) is 8.26.